The summed E-state index contributed by atoms with van der Waals surface area (Å²) in [4.78, 5) is 4.00. The molecule has 4 nitrogen and oxygen atoms in total. The van der Waals surface area contributed by atoms with E-state index in [0.717, 1.165) is 5.56 Å². The number of ether oxygens (including phenoxy) is 1. The number of rotatable bonds is 4. The zero-order valence-corrected chi connectivity index (χ0v) is 10.3. The maximum absolute atomic E-state index is 12.8. The van der Waals surface area contributed by atoms with E-state index >= 15 is 0 Å². The van der Waals surface area contributed by atoms with Gasteiger partial charge in [0.25, 0.3) is 0 Å². The van der Waals surface area contributed by atoms with E-state index in [2.05, 4.69) is 15.6 Å². The van der Waals surface area contributed by atoms with Crippen molar-refractivity contribution in [1.29, 1.82) is 0 Å². The first kappa shape index (κ1) is 13.4. The molecule has 0 aliphatic rings. The van der Waals surface area contributed by atoms with Crippen molar-refractivity contribution in [1.82, 2.24) is 10.6 Å². The number of benzene rings is 1. The third-order valence-corrected chi connectivity index (χ3v) is 2.44. The molecule has 0 aliphatic carbocycles. The lowest BCUT2D eigenvalue weighted by molar-refractivity contribution is 0.106. The van der Waals surface area contributed by atoms with Gasteiger partial charge in [0.15, 0.2) is 5.96 Å². The van der Waals surface area contributed by atoms with Crippen LogP contribution in [0, 0.1) is 5.82 Å². The van der Waals surface area contributed by atoms with Crippen LogP contribution in [0.2, 0.25) is 0 Å². The van der Waals surface area contributed by atoms with Crippen LogP contribution < -0.4 is 10.6 Å². The quantitative estimate of drug-likeness (QED) is 0.615. The van der Waals surface area contributed by atoms with Crippen molar-refractivity contribution in [2.45, 2.75) is 6.10 Å². The Hall–Kier alpha value is -1.62. The van der Waals surface area contributed by atoms with E-state index in [1.54, 1.807) is 33.3 Å². The van der Waals surface area contributed by atoms with Crippen molar-refractivity contribution in [3.8, 4) is 0 Å². The van der Waals surface area contributed by atoms with Crippen LogP contribution in [0.1, 0.15) is 11.7 Å². The van der Waals surface area contributed by atoms with E-state index in [-0.39, 0.29) is 11.9 Å². The van der Waals surface area contributed by atoms with E-state index in [9.17, 15) is 4.39 Å². The van der Waals surface area contributed by atoms with Gasteiger partial charge in [-0.05, 0) is 17.7 Å². The molecule has 94 valence electrons. The van der Waals surface area contributed by atoms with Crippen LogP contribution in [0.4, 0.5) is 4.39 Å². The zero-order chi connectivity index (χ0) is 12.7. The average Bonchev–Trinajstić information content (AvgIpc) is 2.36. The molecule has 1 aromatic carbocycles. The van der Waals surface area contributed by atoms with E-state index < -0.39 is 0 Å². The summed E-state index contributed by atoms with van der Waals surface area (Å²) < 4.78 is 18.1. The molecule has 0 amide bonds. The van der Waals surface area contributed by atoms with Crippen molar-refractivity contribution < 1.29 is 9.13 Å². The summed E-state index contributed by atoms with van der Waals surface area (Å²) in [7, 11) is 5.10. The molecule has 0 aliphatic heterocycles. The number of halogens is 1. The largest absolute Gasteiger partial charge is 0.375 e. The maximum Gasteiger partial charge on any atom is 0.190 e. The van der Waals surface area contributed by atoms with Crippen LogP contribution in [-0.4, -0.2) is 33.7 Å². The Morgan fingerprint density at radius 3 is 2.53 bits per heavy atom. The van der Waals surface area contributed by atoms with Gasteiger partial charge in [-0.25, -0.2) is 4.39 Å². The number of guanidine groups is 1. The van der Waals surface area contributed by atoms with Gasteiger partial charge in [-0.2, -0.15) is 0 Å². The number of nitrogens with zero attached hydrogens (tertiary/aromatic N) is 1. The van der Waals surface area contributed by atoms with E-state index in [0.29, 0.717) is 12.5 Å². The number of nitrogens with one attached hydrogen (secondary N) is 2. The fourth-order valence-electron chi connectivity index (χ4n) is 1.48. The third-order valence-electron chi connectivity index (χ3n) is 2.44. The summed E-state index contributed by atoms with van der Waals surface area (Å²) in [6, 6.07) is 6.28. The predicted octanol–water partition coefficient (Wildman–Crippen LogP) is 1.31. The molecule has 0 fully saturated rings. The molecule has 0 spiro atoms. The molecule has 0 aromatic heterocycles. The average molecular weight is 239 g/mol. The van der Waals surface area contributed by atoms with Gasteiger partial charge in [0.05, 0.1) is 6.10 Å². The molecule has 1 atom stereocenters. The van der Waals surface area contributed by atoms with Gasteiger partial charge in [-0.3, -0.25) is 4.99 Å². The molecule has 1 rings (SSSR count). The van der Waals surface area contributed by atoms with Crippen LogP contribution in [0.15, 0.2) is 29.3 Å². The SMILES string of the molecule is CN=C(NC)NC[C@H](OC)c1ccc(F)cc1. The highest BCUT2D eigenvalue weighted by atomic mass is 19.1. The number of hydrogen-bond acceptors (Lipinski definition) is 2. The summed E-state index contributed by atoms with van der Waals surface area (Å²) in [6.45, 7) is 0.565. The first-order valence-electron chi connectivity index (χ1n) is 5.38. The normalized spacial score (nSPS) is 13.3. The fourth-order valence-corrected chi connectivity index (χ4v) is 1.48. The van der Waals surface area contributed by atoms with Crippen LogP contribution in [0.25, 0.3) is 0 Å². The summed E-state index contributed by atoms with van der Waals surface area (Å²) in [5, 5.41) is 6.02. The molecule has 5 heteroatoms. The smallest absolute Gasteiger partial charge is 0.190 e. The summed E-state index contributed by atoms with van der Waals surface area (Å²) in [5.74, 6) is 0.441. The summed E-state index contributed by atoms with van der Waals surface area (Å²) in [5.41, 5.74) is 0.924. The predicted molar refractivity (Wildman–Crippen MR) is 66.6 cm³/mol. The highest BCUT2D eigenvalue weighted by Crippen LogP contribution is 2.15. The van der Waals surface area contributed by atoms with Crippen molar-refractivity contribution in [2.75, 3.05) is 27.7 Å². The molecule has 0 saturated carbocycles. The lowest BCUT2D eigenvalue weighted by Crippen LogP contribution is -2.37. The third kappa shape index (κ3) is 4.03. The van der Waals surface area contributed by atoms with Gasteiger partial charge < -0.3 is 15.4 Å². The molecule has 0 heterocycles. The van der Waals surface area contributed by atoms with Crippen LogP contribution >= 0.6 is 0 Å². The zero-order valence-electron chi connectivity index (χ0n) is 10.3. The highest BCUT2D eigenvalue weighted by Gasteiger charge is 2.10. The first-order valence-corrected chi connectivity index (χ1v) is 5.38. The van der Waals surface area contributed by atoms with E-state index in [1.165, 1.54) is 12.1 Å². The van der Waals surface area contributed by atoms with Gasteiger partial charge in [-0.1, -0.05) is 12.1 Å². The van der Waals surface area contributed by atoms with Gasteiger partial charge in [0, 0.05) is 27.7 Å². The molecule has 2 N–H and O–H groups in total. The molecule has 0 radical (unpaired) electrons. The first-order chi connectivity index (χ1) is 8.21. The minimum Gasteiger partial charge on any atom is -0.375 e. The van der Waals surface area contributed by atoms with Crippen molar-refractivity contribution in [2.24, 2.45) is 4.99 Å². The Kier molecular flexibility index (Phi) is 5.42. The van der Waals surface area contributed by atoms with Gasteiger partial charge in [0.2, 0.25) is 0 Å². The molecule has 1 aromatic rings. The van der Waals surface area contributed by atoms with Crippen molar-refractivity contribution in [3.05, 3.63) is 35.6 Å². The number of hydrogen-bond donors (Lipinski definition) is 2. The van der Waals surface area contributed by atoms with Crippen molar-refractivity contribution >= 4 is 5.96 Å². The molecule has 0 saturated heterocycles. The number of methoxy groups -OCH3 is 1. The minimum absolute atomic E-state index is 0.138. The molecule has 0 bridgehead atoms. The second-order valence-electron chi connectivity index (χ2n) is 3.48. The summed E-state index contributed by atoms with van der Waals surface area (Å²) >= 11 is 0. The molecular weight excluding hydrogens is 221 g/mol. The lowest BCUT2D eigenvalue weighted by Gasteiger charge is -2.17. The Labute approximate surface area is 101 Å². The Balaban J connectivity index is 2.62. The maximum atomic E-state index is 12.8. The van der Waals surface area contributed by atoms with Crippen LogP contribution in [0.5, 0.6) is 0 Å². The van der Waals surface area contributed by atoms with Gasteiger partial charge in [-0.15, -0.1) is 0 Å². The van der Waals surface area contributed by atoms with Gasteiger partial charge >= 0.3 is 0 Å². The molecular formula is C12H18FN3O. The van der Waals surface area contributed by atoms with Crippen LogP contribution in [0.3, 0.4) is 0 Å². The van der Waals surface area contributed by atoms with Crippen molar-refractivity contribution in [3.63, 3.8) is 0 Å². The summed E-state index contributed by atoms with van der Waals surface area (Å²) in [6.07, 6.45) is -0.138. The van der Waals surface area contributed by atoms with E-state index in [4.69, 9.17) is 4.74 Å². The Bertz CT molecular complexity index is 365. The topological polar surface area (TPSA) is 45.7 Å². The van der Waals surface area contributed by atoms with Gasteiger partial charge in [0.1, 0.15) is 5.82 Å². The second-order valence-corrected chi connectivity index (χ2v) is 3.48. The Morgan fingerprint density at radius 1 is 1.41 bits per heavy atom. The Morgan fingerprint density at radius 2 is 2.06 bits per heavy atom. The van der Waals surface area contributed by atoms with Crippen LogP contribution in [-0.2, 0) is 4.74 Å². The minimum atomic E-state index is -0.248. The fraction of sp³-hybridized carbons (Fsp3) is 0.417. The molecule has 17 heavy (non-hydrogen) atoms. The number of aliphatic imine (C=N–C) groups is 1. The molecule has 0 unspecified atom stereocenters. The lowest BCUT2D eigenvalue weighted by atomic mass is 10.1. The monoisotopic (exact) mass is 239 g/mol. The standard InChI is InChI=1S/C12H18FN3O/c1-14-12(15-2)16-8-11(17-3)9-4-6-10(13)7-5-9/h4-7,11H,8H2,1-3H3,(H2,14,15,16)/t11-/m0/s1. The highest BCUT2D eigenvalue weighted by molar-refractivity contribution is 5.79. The second kappa shape index (κ2) is 6.85. The van der Waals surface area contributed by atoms with E-state index in [1.807, 2.05) is 0 Å².